The smallest absolute Gasteiger partial charge is 0.395 e. The number of alkyl halides is 3. The molecule has 0 unspecified atom stereocenters. The van der Waals surface area contributed by atoms with Gasteiger partial charge in [0.15, 0.2) is 0 Å². The Hall–Kier alpha value is -1.52. The average molecular weight is 291 g/mol. The lowest BCUT2D eigenvalue weighted by atomic mass is 10.3. The van der Waals surface area contributed by atoms with E-state index in [1.165, 1.54) is 11.3 Å². The number of amides is 1. The van der Waals surface area contributed by atoms with E-state index < -0.39 is 18.5 Å². The molecular weight excluding hydrogens is 279 g/mol. The largest absolute Gasteiger partial charge is 0.397 e. The molecule has 1 aromatic rings. The molecule has 0 saturated carbocycles. The molecule has 0 radical (unpaired) electrons. The Balaban J connectivity index is 2.43. The van der Waals surface area contributed by atoms with Crippen LogP contribution in [0.4, 0.5) is 13.2 Å². The van der Waals surface area contributed by atoms with Crippen molar-refractivity contribution in [2.45, 2.75) is 25.6 Å². The predicted molar refractivity (Wildman–Crippen MR) is 65.4 cm³/mol. The first-order valence-electron chi connectivity index (χ1n) is 5.42. The molecular formula is C12H12F3NO2S. The molecule has 0 aromatic carbocycles. The predicted octanol–water partition coefficient (Wildman–Crippen LogP) is 2.05. The number of thiophene rings is 1. The standard InChI is InChI=1S/C12H12F3NO2S/c13-12(14,15)7-11(18)16-8-10-5-4-9(19-10)3-1-2-6-17/h4-5,17H,2,6-8H2,(H,16,18). The molecule has 1 heterocycles. The highest BCUT2D eigenvalue weighted by Gasteiger charge is 2.30. The van der Waals surface area contributed by atoms with Crippen molar-refractivity contribution in [2.24, 2.45) is 0 Å². The van der Waals surface area contributed by atoms with Crippen LogP contribution in [-0.2, 0) is 11.3 Å². The molecule has 2 N–H and O–H groups in total. The minimum atomic E-state index is -4.49. The Morgan fingerprint density at radius 1 is 1.42 bits per heavy atom. The topological polar surface area (TPSA) is 49.3 Å². The van der Waals surface area contributed by atoms with E-state index in [0.717, 1.165) is 9.75 Å². The van der Waals surface area contributed by atoms with Gasteiger partial charge < -0.3 is 10.4 Å². The van der Waals surface area contributed by atoms with Crippen LogP contribution in [0.5, 0.6) is 0 Å². The lowest BCUT2D eigenvalue weighted by Gasteiger charge is -2.06. The molecule has 0 aliphatic heterocycles. The van der Waals surface area contributed by atoms with Gasteiger partial charge in [-0.3, -0.25) is 4.79 Å². The molecule has 0 spiro atoms. The summed E-state index contributed by atoms with van der Waals surface area (Å²) in [6.45, 7) is 0.0417. The van der Waals surface area contributed by atoms with Gasteiger partial charge in [-0.05, 0) is 12.1 Å². The van der Waals surface area contributed by atoms with E-state index in [0.29, 0.717) is 6.42 Å². The maximum atomic E-state index is 11.9. The highest BCUT2D eigenvalue weighted by molar-refractivity contribution is 7.12. The third-order valence-electron chi connectivity index (χ3n) is 1.93. The van der Waals surface area contributed by atoms with E-state index in [9.17, 15) is 18.0 Å². The molecule has 3 nitrogen and oxygen atoms in total. The summed E-state index contributed by atoms with van der Waals surface area (Å²) >= 11 is 1.29. The number of aliphatic hydroxyl groups excluding tert-OH is 1. The van der Waals surface area contributed by atoms with Gasteiger partial charge in [0, 0.05) is 11.3 Å². The maximum Gasteiger partial charge on any atom is 0.397 e. The molecule has 104 valence electrons. The summed E-state index contributed by atoms with van der Waals surface area (Å²) < 4.78 is 35.7. The van der Waals surface area contributed by atoms with Gasteiger partial charge in [0.1, 0.15) is 6.42 Å². The molecule has 19 heavy (non-hydrogen) atoms. The summed E-state index contributed by atoms with van der Waals surface area (Å²) in [5.41, 5.74) is 0. The molecule has 0 atom stereocenters. The van der Waals surface area contributed by atoms with Crippen LogP contribution in [0, 0.1) is 11.8 Å². The van der Waals surface area contributed by atoms with Gasteiger partial charge in [0.25, 0.3) is 0 Å². The van der Waals surface area contributed by atoms with Crippen LogP contribution in [0.15, 0.2) is 12.1 Å². The van der Waals surface area contributed by atoms with Crippen molar-refractivity contribution in [1.82, 2.24) is 5.32 Å². The van der Waals surface area contributed by atoms with Gasteiger partial charge in [-0.15, -0.1) is 11.3 Å². The lowest BCUT2D eigenvalue weighted by Crippen LogP contribution is -2.27. The van der Waals surface area contributed by atoms with E-state index in [-0.39, 0.29) is 13.2 Å². The minimum Gasteiger partial charge on any atom is -0.395 e. The maximum absolute atomic E-state index is 11.9. The molecule has 0 bridgehead atoms. The first kappa shape index (κ1) is 15.5. The molecule has 0 aliphatic carbocycles. The molecule has 7 heteroatoms. The molecule has 0 fully saturated rings. The average Bonchev–Trinajstić information content (AvgIpc) is 2.72. The van der Waals surface area contributed by atoms with Crippen LogP contribution in [-0.4, -0.2) is 23.8 Å². The lowest BCUT2D eigenvalue weighted by molar-refractivity contribution is -0.153. The Morgan fingerprint density at radius 2 is 2.16 bits per heavy atom. The van der Waals surface area contributed by atoms with Crippen molar-refractivity contribution in [3.63, 3.8) is 0 Å². The second-order valence-corrected chi connectivity index (χ2v) is 4.78. The van der Waals surface area contributed by atoms with Crippen molar-refractivity contribution in [2.75, 3.05) is 6.61 Å². The zero-order valence-electron chi connectivity index (χ0n) is 9.88. The number of nitrogens with one attached hydrogen (secondary N) is 1. The van der Waals surface area contributed by atoms with Gasteiger partial charge in [-0.25, -0.2) is 0 Å². The van der Waals surface area contributed by atoms with Crippen LogP contribution < -0.4 is 5.32 Å². The summed E-state index contributed by atoms with van der Waals surface area (Å²) in [4.78, 5) is 12.4. The number of aliphatic hydroxyl groups is 1. The highest BCUT2D eigenvalue weighted by atomic mass is 32.1. The normalized spacial score (nSPS) is 10.7. The monoisotopic (exact) mass is 291 g/mol. The van der Waals surface area contributed by atoms with E-state index in [1.807, 2.05) is 0 Å². The quantitative estimate of drug-likeness (QED) is 0.834. The van der Waals surface area contributed by atoms with Crippen LogP contribution in [0.3, 0.4) is 0 Å². The third-order valence-corrected chi connectivity index (χ3v) is 2.93. The van der Waals surface area contributed by atoms with Gasteiger partial charge in [0.05, 0.1) is 18.0 Å². The van der Waals surface area contributed by atoms with Gasteiger partial charge in [0.2, 0.25) is 5.91 Å². The van der Waals surface area contributed by atoms with Crippen molar-refractivity contribution >= 4 is 17.2 Å². The summed E-state index contributed by atoms with van der Waals surface area (Å²) in [5, 5.41) is 10.7. The number of halogens is 3. The van der Waals surface area contributed by atoms with Crippen molar-refractivity contribution in [1.29, 1.82) is 0 Å². The summed E-state index contributed by atoms with van der Waals surface area (Å²) in [5.74, 6) is 4.50. The fourth-order valence-electron chi connectivity index (χ4n) is 1.18. The molecule has 0 saturated heterocycles. The number of carbonyl (C=O) groups excluding carboxylic acids is 1. The number of hydrogen-bond acceptors (Lipinski definition) is 3. The van der Waals surface area contributed by atoms with E-state index >= 15 is 0 Å². The van der Waals surface area contributed by atoms with Gasteiger partial charge in [-0.2, -0.15) is 13.2 Å². The first-order chi connectivity index (χ1) is 8.90. The van der Waals surface area contributed by atoms with E-state index in [4.69, 9.17) is 5.11 Å². The van der Waals surface area contributed by atoms with Crippen LogP contribution >= 0.6 is 11.3 Å². The second kappa shape index (κ2) is 7.16. The highest BCUT2D eigenvalue weighted by Crippen LogP contribution is 2.19. The minimum absolute atomic E-state index is 0.0151. The fraction of sp³-hybridized carbons (Fsp3) is 0.417. The summed E-state index contributed by atoms with van der Waals surface area (Å²) in [6.07, 6.45) is -5.59. The zero-order chi connectivity index (χ0) is 14.3. The Bertz CT molecular complexity index is 485. The molecule has 0 aliphatic rings. The zero-order valence-corrected chi connectivity index (χ0v) is 10.7. The van der Waals surface area contributed by atoms with Crippen molar-refractivity contribution in [3.05, 3.63) is 21.9 Å². The number of hydrogen-bond donors (Lipinski definition) is 2. The second-order valence-electron chi connectivity index (χ2n) is 3.61. The first-order valence-corrected chi connectivity index (χ1v) is 6.24. The van der Waals surface area contributed by atoms with Crippen LogP contribution in [0.1, 0.15) is 22.6 Å². The van der Waals surface area contributed by atoms with Gasteiger partial charge >= 0.3 is 6.18 Å². The van der Waals surface area contributed by atoms with Gasteiger partial charge in [-0.1, -0.05) is 11.8 Å². The van der Waals surface area contributed by atoms with Crippen molar-refractivity contribution in [3.8, 4) is 11.8 Å². The van der Waals surface area contributed by atoms with Crippen LogP contribution in [0.2, 0.25) is 0 Å². The SMILES string of the molecule is O=C(CC(F)(F)F)NCc1ccc(C#CCCO)s1. The number of carbonyl (C=O) groups is 1. The molecule has 1 rings (SSSR count). The van der Waals surface area contributed by atoms with Crippen LogP contribution in [0.25, 0.3) is 0 Å². The molecule has 1 amide bonds. The van der Waals surface area contributed by atoms with E-state index in [2.05, 4.69) is 17.2 Å². The fourth-order valence-corrected chi connectivity index (χ4v) is 2.00. The number of rotatable bonds is 4. The van der Waals surface area contributed by atoms with Crippen molar-refractivity contribution < 1.29 is 23.1 Å². The Labute approximate surface area is 112 Å². The summed E-state index contributed by atoms with van der Waals surface area (Å²) in [7, 11) is 0. The summed E-state index contributed by atoms with van der Waals surface area (Å²) in [6, 6.07) is 3.42. The molecule has 1 aromatic heterocycles. The van der Waals surface area contributed by atoms with E-state index in [1.54, 1.807) is 12.1 Å². The Kier molecular flexibility index (Phi) is 5.86. The third kappa shape index (κ3) is 6.84. The Morgan fingerprint density at radius 3 is 2.79 bits per heavy atom.